The second kappa shape index (κ2) is 6.63. The van der Waals surface area contributed by atoms with Crippen LogP contribution in [0, 0.1) is 0 Å². The van der Waals surface area contributed by atoms with Gasteiger partial charge >= 0.3 is 0 Å². The molecule has 0 saturated carbocycles. The molecule has 0 aliphatic carbocycles. The predicted molar refractivity (Wildman–Crippen MR) is 74.6 cm³/mol. The summed E-state index contributed by atoms with van der Waals surface area (Å²) >= 11 is 0. The first-order valence-corrected chi connectivity index (χ1v) is 6.77. The maximum Gasteiger partial charge on any atom is 0.239 e. The highest BCUT2D eigenvalue weighted by Crippen LogP contribution is 2.07. The first kappa shape index (κ1) is 14.0. The zero-order valence-corrected chi connectivity index (χ0v) is 11.7. The van der Waals surface area contributed by atoms with Crippen molar-refractivity contribution in [3.8, 4) is 0 Å². The van der Waals surface area contributed by atoms with Gasteiger partial charge in [-0.05, 0) is 18.6 Å². The average molecular weight is 262 g/mol. The molecule has 1 unspecified atom stereocenters. The van der Waals surface area contributed by atoms with Crippen molar-refractivity contribution >= 4 is 5.91 Å². The van der Waals surface area contributed by atoms with Gasteiger partial charge in [-0.3, -0.25) is 14.7 Å². The molecule has 1 fully saturated rings. The van der Waals surface area contributed by atoms with Crippen LogP contribution in [0.2, 0.25) is 0 Å². The average Bonchev–Trinajstić information content (AvgIpc) is 2.47. The molecule has 2 heterocycles. The number of rotatable bonds is 4. The van der Waals surface area contributed by atoms with Crippen molar-refractivity contribution in [3.05, 3.63) is 30.1 Å². The number of carbonyl (C=O) groups is 1. The van der Waals surface area contributed by atoms with Crippen LogP contribution in [0.3, 0.4) is 0 Å². The highest BCUT2D eigenvalue weighted by molar-refractivity contribution is 5.81. The summed E-state index contributed by atoms with van der Waals surface area (Å²) in [5.74, 6) is 0.172. The Kier molecular flexibility index (Phi) is 4.87. The minimum absolute atomic E-state index is 0.0521. The molecule has 1 saturated heterocycles. The Balaban J connectivity index is 1.90. The third-order valence-corrected chi connectivity index (χ3v) is 3.58. The van der Waals surface area contributed by atoms with Gasteiger partial charge in [-0.25, -0.2) is 0 Å². The SMILES string of the molecule is CC(C(=O)N(C)Cc1cccnc1)N1CCNCC1. The third kappa shape index (κ3) is 3.75. The molecular formula is C14H22N4O. The molecule has 1 amide bonds. The van der Waals surface area contributed by atoms with E-state index < -0.39 is 0 Å². The Hall–Kier alpha value is -1.46. The fourth-order valence-corrected chi connectivity index (χ4v) is 2.39. The van der Waals surface area contributed by atoms with Crippen molar-refractivity contribution in [1.29, 1.82) is 0 Å². The van der Waals surface area contributed by atoms with E-state index in [1.165, 1.54) is 0 Å². The number of hydrogen-bond donors (Lipinski definition) is 1. The topological polar surface area (TPSA) is 48.5 Å². The lowest BCUT2D eigenvalue weighted by Gasteiger charge is -2.34. The maximum absolute atomic E-state index is 12.4. The molecule has 0 bridgehead atoms. The predicted octanol–water partition coefficient (Wildman–Crippen LogP) is 0.334. The minimum Gasteiger partial charge on any atom is -0.340 e. The smallest absolute Gasteiger partial charge is 0.239 e. The van der Waals surface area contributed by atoms with Crippen LogP contribution in [-0.2, 0) is 11.3 Å². The van der Waals surface area contributed by atoms with Crippen molar-refractivity contribution in [1.82, 2.24) is 20.1 Å². The van der Waals surface area contributed by atoms with Crippen molar-refractivity contribution in [2.75, 3.05) is 33.2 Å². The molecule has 1 N–H and O–H groups in total. The van der Waals surface area contributed by atoms with Gasteiger partial charge in [0, 0.05) is 52.2 Å². The fraction of sp³-hybridized carbons (Fsp3) is 0.571. The molecule has 2 rings (SSSR count). The fourth-order valence-electron chi connectivity index (χ4n) is 2.39. The Labute approximate surface area is 114 Å². The molecule has 1 aromatic heterocycles. The number of pyridine rings is 1. The molecule has 0 spiro atoms. The summed E-state index contributed by atoms with van der Waals surface area (Å²) in [6.07, 6.45) is 3.55. The number of hydrogen-bond acceptors (Lipinski definition) is 4. The molecular weight excluding hydrogens is 240 g/mol. The molecule has 0 aromatic carbocycles. The van der Waals surface area contributed by atoms with E-state index in [1.54, 1.807) is 17.3 Å². The van der Waals surface area contributed by atoms with E-state index in [-0.39, 0.29) is 11.9 Å². The molecule has 1 atom stereocenters. The first-order chi connectivity index (χ1) is 9.18. The van der Waals surface area contributed by atoms with Crippen molar-refractivity contribution < 1.29 is 4.79 Å². The van der Waals surface area contributed by atoms with Crippen LogP contribution in [0.5, 0.6) is 0 Å². The van der Waals surface area contributed by atoms with Gasteiger partial charge < -0.3 is 10.2 Å². The summed E-state index contributed by atoms with van der Waals surface area (Å²) in [5, 5.41) is 3.30. The summed E-state index contributed by atoms with van der Waals surface area (Å²) in [6.45, 7) is 6.41. The number of likely N-dealkylation sites (N-methyl/N-ethyl adjacent to an activating group) is 1. The van der Waals surface area contributed by atoms with Crippen LogP contribution in [-0.4, -0.2) is 60.0 Å². The van der Waals surface area contributed by atoms with Crippen LogP contribution < -0.4 is 5.32 Å². The van der Waals surface area contributed by atoms with E-state index in [2.05, 4.69) is 15.2 Å². The van der Waals surface area contributed by atoms with Crippen LogP contribution in [0.15, 0.2) is 24.5 Å². The molecule has 19 heavy (non-hydrogen) atoms. The molecule has 0 radical (unpaired) electrons. The zero-order chi connectivity index (χ0) is 13.7. The lowest BCUT2D eigenvalue weighted by Crippen LogP contribution is -2.52. The zero-order valence-electron chi connectivity index (χ0n) is 11.7. The van der Waals surface area contributed by atoms with Crippen LogP contribution >= 0.6 is 0 Å². The van der Waals surface area contributed by atoms with Crippen LogP contribution in [0.1, 0.15) is 12.5 Å². The second-order valence-electron chi connectivity index (χ2n) is 5.02. The highest BCUT2D eigenvalue weighted by atomic mass is 16.2. The summed E-state index contributed by atoms with van der Waals surface area (Å²) in [5.41, 5.74) is 1.06. The van der Waals surface area contributed by atoms with E-state index >= 15 is 0 Å². The summed E-state index contributed by atoms with van der Waals surface area (Å²) in [7, 11) is 1.86. The second-order valence-corrected chi connectivity index (χ2v) is 5.02. The number of aromatic nitrogens is 1. The monoisotopic (exact) mass is 262 g/mol. The van der Waals surface area contributed by atoms with Crippen LogP contribution in [0.4, 0.5) is 0 Å². The number of amides is 1. The maximum atomic E-state index is 12.4. The van der Waals surface area contributed by atoms with E-state index in [0.717, 1.165) is 31.7 Å². The summed E-state index contributed by atoms with van der Waals surface area (Å²) in [6, 6.07) is 3.84. The summed E-state index contributed by atoms with van der Waals surface area (Å²) in [4.78, 5) is 20.5. The Bertz CT molecular complexity index is 403. The van der Waals surface area contributed by atoms with E-state index in [1.807, 2.05) is 26.1 Å². The normalized spacial score (nSPS) is 18.0. The van der Waals surface area contributed by atoms with Gasteiger partial charge in [-0.15, -0.1) is 0 Å². The lowest BCUT2D eigenvalue weighted by molar-refractivity contribution is -0.135. The number of piperazine rings is 1. The van der Waals surface area contributed by atoms with Gasteiger partial charge in [0.25, 0.3) is 0 Å². The van der Waals surface area contributed by atoms with Gasteiger partial charge in [0.2, 0.25) is 5.91 Å². The first-order valence-electron chi connectivity index (χ1n) is 6.77. The van der Waals surface area contributed by atoms with Gasteiger partial charge in [-0.2, -0.15) is 0 Å². The standard InChI is InChI=1S/C14H22N4O/c1-12(18-8-6-15-7-9-18)14(19)17(2)11-13-4-3-5-16-10-13/h3-5,10,12,15H,6-9,11H2,1-2H3. The Morgan fingerprint density at radius 3 is 2.89 bits per heavy atom. The van der Waals surface area contributed by atoms with E-state index in [9.17, 15) is 4.79 Å². The van der Waals surface area contributed by atoms with Gasteiger partial charge in [0.05, 0.1) is 6.04 Å². The number of nitrogens with zero attached hydrogens (tertiary/aromatic N) is 3. The quantitative estimate of drug-likeness (QED) is 0.850. The highest BCUT2D eigenvalue weighted by Gasteiger charge is 2.25. The molecule has 104 valence electrons. The number of nitrogens with one attached hydrogen (secondary N) is 1. The summed E-state index contributed by atoms with van der Waals surface area (Å²) < 4.78 is 0. The van der Waals surface area contributed by atoms with E-state index in [4.69, 9.17) is 0 Å². The third-order valence-electron chi connectivity index (χ3n) is 3.58. The van der Waals surface area contributed by atoms with Crippen molar-refractivity contribution in [3.63, 3.8) is 0 Å². The van der Waals surface area contributed by atoms with Gasteiger partial charge in [0.1, 0.15) is 0 Å². The van der Waals surface area contributed by atoms with Gasteiger partial charge in [0.15, 0.2) is 0 Å². The Morgan fingerprint density at radius 2 is 2.26 bits per heavy atom. The van der Waals surface area contributed by atoms with E-state index in [0.29, 0.717) is 6.54 Å². The minimum atomic E-state index is -0.0521. The Morgan fingerprint density at radius 1 is 1.53 bits per heavy atom. The van der Waals surface area contributed by atoms with Crippen molar-refractivity contribution in [2.24, 2.45) is 0 Å². The number of carbonyl (C=O) groups excluding carboxylic acids is 1. The van der Waals surface area contributed by atoms with Crippen molar-refractivity contribution in [2.45, 2.75) is 19.5 Å². The van der Waals surface area contributed by atoms with Gasteiger partial charge in [-0.1, -0.05) is 6.07 Å². The molecule has 5 nitrogen and oxygen atoms in total. The molecule has 1 aliphatic heterocycles. The molecule has 1 aliphatic rings. The molecule has 5 heteroatoms. The van der Waals surface area contributed by atoms with Crippen LogP contribution in [0.25, 0.3) is 0 Å². The molecule has 1 aromatic rings. The largest absolute Gasteiger partial charge is 0.340 e. The lowest BCUT2D eigenvalue weighted by atomic mass is 10.2.